The Hall–Kier alpha value is -1.16. The van der Waals surface area contributed by atoms with E-state index >= 15 is 0 Å². The smallest absolute Gasteiger partial charge is 0.178 e. The topological polar surface area (TPSA) is 422 Å². The van der Waals surface area contributed by atoms with Crippen LogP contribution in [0.25, 0.3) is 0 Å². The van der Waals surface area contributed by atoms with Crippen LogP contribution in [0.15, 0.2) is 0 Å². The molecule has 0 spiro atoms. The molecule has 0 rings (SSSR count). The lowest BCUT2D eigenvalue weighted by Gasteiger charge is -2.25. The molecule has 29 heteroatoms. The minimum atomic E-state index is -1.45. The zero-order chi connectivity index (χ0) is 62.5. The lowest BCUT2D eigenvalue weighted by atomic mass is 9.89. The molecule has 500 valence electrons. The van der Waals surface area contributed by atoms with Crippen molar-refractivity contribution in [2.75, 3.05) is 192 Å². The van der Waals surface area contributed by atoms with E-state index in [2.05, 4.69) is 0 Å². The maximum absolute atomic E-state index is 10.6. The second kappa shape index (κ2) is 50.7. The molecule has 14 N–H and O–H groups in total. The summed E-state index contributed by atoms with van der Waals surface area (Å²) in [6, 6.07) is 0. The fourth-order valence-corrected chi connectivity index (χ4v) is 7.11. The lowest BCUT2D eigenvalue weighted by molar-refractivity contribution is -0.161. The molecule has 0 fully saturated rings. The molecule has 0 aliphatic heterocycles. The van der Waals surface area contributed by atoms with E-state index in [1.807, 2.05) is 41.5 Å². The number of aliphatic hydroxyl groups is 14. The van der Waals surface area contributed by atoms with Gasteiger partial charge in [-0.25, -0.2) is 0 Å². The van der Waals surface area contributed by atoms with E-state index < -0.39 is 111 Å². The number of methoxy groups -OCH3 is 1. The molecule has 0 bridgehead atoms. The van der Waals surface area contributed by atoms with Crippen LogP contribution in [0, 0.1) is 16.7 Å². The molecule has 0 radical (unpaired) electrons. The minimum Gasteiger partial charge on any atom is -0.396 e. The summed E-state index contributed by atoms with van der Waals surface area (Å²) in [5.74, 6) is -0.611. The number of hydrogen-bond donors (Lipinski definition) is 14. The van der Waals surface area contributed by atoms with Gasteiger partial charge >= 0.3 is 0 Å². The Morgan fingerprint density at radius 1 is 0.253 bits per heavy atom. The van der Waals surface area contributed by atoms with Crippen LogP contribution in [-0.4, -0.2) is 349 Å². The molecule has 29 nitrogen and oxygen atoms in total. The first-order valence-electron chi connectivity index (χ1n) is 28.3. The molecule has 0 aromatic rings. The molecule has 0 amide bonds. The lowest BCUT2D eigenvalue weighted by Crippen LogP contribution is -2.36. The van der Waals surface area contributed by atoms with Crippen molar-refractivity contribution >= 4 is 0 Å². The Labute approximate surface area is 490 Å². The van der Waals surface area contributed by atoms with E-state index in [9.17, 15) is 66.4 Å². The summed E-state index contributed by atoms with van der Waals surface area (Å²) in [5.41, 5.74) is -0.266. The zero-order valence-corrected chi connectivity index (χ0v) is 50.3. The van der Waals surface area contributed by atoms with Gasteiger partial charge in [0.1, 0.15) is 67.1 Å². The van der Waals surface area contributed by atoms with Gasteiger partial charge in [-0.3, -0.25) is 0 Å². The van der Waals surface area contributed by atoms with Gasteiger partial charge in [0.05, 0.1) is 197 Å². The zero-order valence-electron chi connectivity index (χ0n) is 50.3. The molecule has 0 saturated heterocycles. The minimum absolute atomic E-state index is 0.00931. The van der Waals surface area contributed by atoms with Crippen molar-refractivity contribution in [3.63, 3.8) is 0 Å². The Kier molecular flexibility index (Phi) is 50.0. The molecular weight excluding hydrogens is 1110 g/mol. The van der Waals surface area contributed by atoms with E-state index in [0.717, 1.165) is 0 Å². The van der Waals surface area contributed by atoms with Crippen LogP contribution in [0.2, 0.25) is 0 Å². The van der Waals surface area contributed by atoms with E-state index in [-0.39, 0.29) is 176 Å². The Morgan fingerprint density at radius 2 is 0.506 bits per heavy atom. The Morgan fingerprint density at radius 3 is 0.831 bits per heavy atom. The van der Waals surface area contributed by atoms with Gasteiger partial charge < -0.3 is 143 Å². The van der Waals surface area contributed by atoms with Gasteiger partial charge in [0, 0.05) is 13.0 Å². The monoisotopic (exact) mass is 1220 g/mol. The highest BCUT2D eigenvalue weighted by Crippen LogP contribution is 2.22. The summed E-state index contributed by atoms with van der Waals surface area (Å²) in [4.78, 5) is 0. The highest BCUT2D eigenvalue weighted by atomic mass is 16.6. The SMILES string of the molecule is COCC(O)COCC(COCC(COCC(O)CC(C)(C)C)OCC(O)CO)OCC(O)COCC(O)OCC(CO)COCC(O)COCC(O)COC(COCC(O)CC(C)(C)C)COCC(COCC(O)CO)OCC(O)CO. The molecule has 0 aromatic carbocycles. The third-order valence-electron chi connectivity index (χ3n) is 11.1. The highest BCUT2D eigenvalue weighted by Gasteiger charge is 2.24. The standard InChI is InChI=1S/C54H110O29/c1-53(2,3)8-39(59)17-72-29-48(79-25-42(62)12-57)33-77-36-51(32-75-20-44(64)16-69-7)82-28-47(67)24-76-37-52(68)83-15-38(10-55)14-70-21-45(65)22-71-23-46(66)27-81-50(30-73-18-40(60)9-54(4,5)6)35-78-34-49(80-26-43(63)13-58)31-74-19-41(61)11-56/h38-52,55-68H,8-37H2,1-7H3. The first-order chi connectivity index (χ1) is 39.3. The second-order valence-corrected chi connectivity index (χ2v) is 22.9. The molecular formula is C54H110O29. The third-order valence-corrected chi connectivity index (χ3v) is 11.1. The molecule has 15 atom stereocenters. The van der Waals surface area contributed by atoms with Crippen LogP contribution in [-0.2, 0) is 71.1 Å². The normalized spacial score (nSPS) is 18.2. The van der Waals surface area contributed by atoms with E-state index in [1.165, 1.54) is 7.11 Å². The summed E-state index contributed by atoms with van der Waals surface area (Å²) < 4.78 is 83.7. The van der Waals surface area contributed by atoms with Crippen molar-refractivity contribution in [1.82, 2.24) is 0 Å². The van der Waals surface area contributed by atoms with Gasteiger partial charge in [0.25, 0.3) is 0 Å². The molecule has 0 aliphatic carbocycles. The van der Waals surface area contributed by atoms with Crippen molar-refractivity contribution in [2.45, 2.75) is 140 Å². The van der Waals surface area contributed by atoms with E-state index in [1.54, 1.807) is 0 Å². The number of hydrogen-bond acceptors (Lipinski definition) is 29. The third kappa shape index (κ3) is 51.4. The first kappa shape index (κ1) is 81.8. The van der Waals surface area contributed by atoms with Crippen molar-refractivity contribution < 1.29 is 143 Å². The van der Waals surface area contributed by atoms with Gasteiger partial charge in [0.15, 0.2) is 6.29 Å². The summed E-state index contributed by atoms with van der Waals surface area (Å²) in [6.45, 7) is 6.99. The van der Waals surface area contributed by atoms with Crippen LogP contribution in [0.3, 0.4) is 0 Å². The molecule has 15 unspecified atom stereocenters. The largest absolute Gasteiger partial charge is 0.396 e. The molecule has 83 heavy (non-hydrogen) atoms. The maximum atomic E-state index is 10.6. The Bertz CT molecular complexity index is 1420. The van der Waals surface area contributed by atoms with Crippen molar-refractivity contribution in [1.29, 1.82) is 0 Å². The fourth-order valence-electron chi connectivity index (χ4n) is 7.11. The van der Waals surface area contributed by atoms with Gasteiger partial charge in [-0.1, -0.05) is 41.5 Å². The molecule has 0 aliphatic rings. The predicted molar refractivity (Wildman–Crippen MR) is 294 cm³/mol. The van der Waals surface area contributed by atoms with Crippen molar-refractivity contribution in [2.24, 2.45) is 16.7 Å². The van der Waals surface area contributed by atoms with Gasteiger partial charge in [-0.15, -0.1) is 0 Å². The quantitative estimate of drug-likeness (QED) is 0.0255. The highest BCUT2D eigenvalue weighted by molar-refractivity contribution is 4.71. The van der Waals surface area contributed by atoms with E-state index in [4.69, 9.17) is 76.2 Å². The van der Waals surface area contributed by atoms with Crippen LogP contribution in [0.4, 0.5) is 0 Å². The average molecular weight is 1220 g/mol. The summed E-state index contributed by atoms with van der Waals surface area (Å²) in [5, 5.41) is 139. The Balaban J connectivity index is 4.97. The van der Waals surface area contributed by atoms with Crippen LogP contribution >= 0.6 is 0 Å². The van der Waals surface area contributed by atoms with Crippen LogP contribution in [0.1, 0.15) is 54.4 Å². The number of ether oxygens (including phenoxy) is 15. The van der Waals surface area contributed by atoms with Crippen LogP contribution in [0.5, 0.6) is 0 Å². The first-order valence-corrected chi connectivity index (χ1v) is 28.3. The van der Waals surface area contributed by atoms with Crippen molar-refractivity contribution in [3.8, 4) is 0 Å². The second-order valence-electron chi connectivity index (χ2n) is 22.9. The van der Waals surface area contributed by atoms with Gasteiger partial charge in [0.2, 0.25) is 0 Å². The van der Waals surface area contributed by atoms with Gasteiger partial charge in [-0.05, 0) is 23.7 Å². The molecule has 0 saturated carbocycles. The predicted octanol–water partition coefficient (Wildman–Crippen LogP) is -4.64. The maximum Gasteiger partial charge on any atom is 0.178 e. The summed E-state index contributed by atoms with van der Waals surface area (Å²) >= 11 is 0. The van der Waals surface area contributed by atoms with Crippen molar-refractivity contribution in [3.05, 3.63) is 0 Å². The number of rotatable bonds is 59. The van der Waals surface area contributed by atoms with E-state index in [0.29, 0.717) is 12.8 Å². The summed E-state index contributed by atoms with van der Waals surface area (Å²) in [7, 11) is 1.43. The van der Waals surface area contributed by atoms with Crippen LogP contribution < -0.4 is 0 Å². The number of aliphatic hydroxyl groups excluding tert-OH is 14. The fraction of sp³-hybridized carbons (Fsp3) is 1.00. The molecule has 0 aromatic heterocycles. The summed E-state index contributed by atoms with van der Waals surface area (Å²) in [6.07, 6.45) is -12.6. The van der Waals surface area contributed by atoms with Gasteiger partial charge in [-0.2, -0.15) is 0 Å². The average Bonchev–Trinajstić information content (AvgIpc) is 3.42. The molecule has 0 heterocycles.